The van der Waals surface area contributed by atoms with Gasteiger partial charge in [0, 0.05) is 6.61 Å². The Kier molecular flexibility index (Phi) is 14.5. The van der Waals surface area contributed by atoms with Crippen LogP contribution in [0.3, 0.4) is 0 Å². The number of aliphatic hydroxyl groups excluding tert-OH is 1. The summed E-state index contributed by atoms with van der Waals surface area (Å²) in [5, 5.41) is 13.9. The Hall–Kier alpha value is -0.917. The average Bonchev–Trinajstić information content (AvgIpc) is 3.27. The van der Waals surface area contributed by atoms with Gasteiger partial charge in [-0.3, -0.25) is 6.08 Å². The molecule has 0 heterocycles. The van der Waals surface area contributed by atoms with Crippen LogP contribution < -0.4 is 24.8 Å². The molecule has 3 aromatic carbocycles. The quantitative estimate of drug-likeness (QED) is 0.507. The molecule has 1 N–H and O–H groups in total. The summed E-state index contributed by atoms with van der Waals surface area (Å²) in [6.45, 7) is 4.54. The number of hydrogen-bond donors (Lipinski definition) is 1. The van der Waals surface area contributed by atoms with Crippen LogP contribution in [0.2, 0.25) is 0 Å². The summed E-state index contributed by atoms with van der Waals surface area (Å²) in [7, 11) is 0. The predicted octanol–water partition coefficient (Wildman–Crippen LogP) is -0.0863. The van der Waals surface area contributed by atoms with Gasteiger partial charge in [-0.05, 0) is 6.42 Å². The number of fused-ring (bicyclic) bond motifs is 3. The first-order valence-electron chi connectivity index (χ1n) is 9.03. The Labute approximate surface area is 196 Å². The van der Waals surface area contributed by atoms with Crippen molar-refractivity contribution in [1.29, 1.82) is 0 Å². The Morgan fingerprint density at radius 1 is 1.00 bits per heavy atom. The fourth-order valence-corrected chi connectivity index (χ4v) is 2.80. The van der Waals surface area contributed by atoms with E-state index in [1.54, 1.807) is 24.2 Å². The van der Waals surface area contributed by atoms with Crippen molar-refractivity contribution in [3.05, 3.63) is 78.4 Å². The third kappa shape index (κ3) is 9.05. The van der Waals surface area contributed by atoms with E-state index in [0.717, 1.165) is 19.3 Å². The fourth-order valence-electron chi connectivity index (χ4n) is 2.80. The second-order valence-corrected chi connectivity index (χ2v) is 8.94. The Morgan fingerprint density at radius 3 is 1.93 bits per heavy atom. The normalized spacial score (nSPS) is 11.4. The standard InChI is InChI=1S/C13H9.C8H11O.C3H6.2ClH.Zr/c1-3-7-12-10(5-1)9-11-6-2-4-8-13(11)12;9-7-3-6-8-4-1-2-5-8;1-3-2;;;/h1-9H;4-5,9H,1,3,6-7H2;1-2H3;2*1H;/q2*-1;;;;+2/p-2. The van der Waals surface area contributed by atoms with Gasteiger partial charge < -0.3 is 29.9 Å². The van der Waals surface area contributed by atoms with Crippen molar-refractivity contribution in [2.45, 2.75) is 33.1 Å². The molecular formula is C24H26Cl2OZr-2. The maximum Gasteiger partial charge on any atom is 0.0420 e. The number of aliphatic hydroxyl groups is 1. The first kappa shape index (κ1) is 27.1. The first-order chi connectivity index (χ1) is 12.6. The summed E-state index contributed by atoms with van der Waals surface area (Å²) in [5.74, 6) is 0. The second-order valence-electron chi connectivity index (χ2n) is 6.48. The van der Waals surface area contributed by atoms with E-state index >= 15 is 0 Å². The fraction of sp³-hybridized carbons (Fsp3) is 0.250. The predicted molar refractivity (Wildman–Crippen MR) is 110 cm³/mol. The summed E-state index contributed by atoms with van der Waals surface area (Å²) >= 11 is 1.55. The molecular weight excluding hydrogens is 466 g/mol. The topological polar surface area (TPSA) is 20.2 Å². The minimum atomic E-state index is 0. The number of allylic oxidation sites excluding steroid dienone is 4. The van der Waals surface area contributed by atoms with E-state index < -0.39 is 0 Å². The second kappa shape index (κ2) is 15.0. The molecule has 4 heteroatoms. The van der Waals surface area contributed by atoms with Crippen molar-refractivity contribution in [2.24, 2.45) is 0 Å². The van der Waals surface area contributed by atoms with Gasteiger partial charge in [-0.15, -0.1) is 46.2 Å². The zero-order valence-corrected chi connectivity index (χ0v) is 20.4. The van der Waals surface area contributed by atoms with E-state index in [1.165, 1.54) is 30.3 Å². The third-order valence-corrected chi connectivity index (χ3v) is 3.92. The van der Waals surface area contributed by atoms with E-state index in [9.17, 15) is 0 Å². The van der Waals surface area contributed by atoms with Crippen LogP contribution in [0.5, 0.6) is 0 Å². The van der Waals surface area contributed by atoms with Crippen molar-refractivity contribution in [3.63, 3.8) is 0 Å². The molecule has 0 aliphatic heterocycles. The molecule has 3 aromatic rings. The molecule has 0 bridgehead atoms. The monoisotopic (exact) mass is 490 g/mol. The number of rotatable bonds is 3. The van der Waals surface area contributed by atoms with Crippen molar-refractivity contribution < 1.29 is 54.2 Å². The summed E-state index contributed by atoms with van der Waals surface area (Å²) < 4.78 is 1.51. The Bertz CT molecular complexity index is 855. The molecule has 1 aliphatic rings. The largest absolute Gasteiger partial charge is 1.00 e. The Morgan fingerprint density at radius 2 is 1.50 bits per heavy atom. The summed E-state index contributed by atoms with van der Waals surface area (Å²) in [5.41, 5.74) is 1.32. The zero-order chi connectivity index (χ0) is 18.8. The molecule has 0 saturated carbocycles. The summed E-state index contributed by atoms with van der Waals surface area (Å²) in [4.78, 5) is 0. The van der Waals surface area contributed by atoms with Crippen LogP contribution in [0.25, 0.3) is 21.5 Å². The van der Waals surface area contributed by atoms with E-state index in [4.69, 9.17) is 5.11 Å². The average molecular weight is 493 g/mol. The molecule has 0 spiro atoms. The molecule has 28 heavy (non-hydrogen) atoms. The SMILES string of the molecule is C[C](C)=[Zr+2].OCCCC1=CC[C-]=C1.[Cl-].[Cl-].c1ccc2c(c1)[cH-]c1ccccc12. The zero-order valence-electron chi connectivity index (χ0n) is 16.4. The van der Waals surface area contributed by atoms with Gasteiger partial charge in [-0.2, -0.15) is 6.08 Å². The first-order valence-corrected chi connectivity index (χ1v) is 10.3. The van der Waals surface area contributed by atoms with Crippen LogP contribution in [0.1, 0.15) is 33.1 Å². The molecule has 4 rings (SSSR count). The van der Waals surface area contributed by atoms with Crippen molar-refractivity contribution in [1.82, 2.24) is 0 Å². The summed E-state index contributed by atoms with van der Waals surface area (Å²) in [6.07, 6.45) is 10.1. The van der Waals surface area contributed by atoms with Crippen LogP contribution in [-0.4, -0.2) is 14.9 Å². The van der Waals surface area contributed by atoms with Gasteiger partial charge in [-0.1, -0.05) is 42.8 Å². The van der Waals surface area contributed by atoms with Gasteiger partial charge in [0.2, 0.25) is 0 Å². The van der Waals surface area contributed by atoms with Gasteiger partial charge in [0.1, 0.15) is 0 Å². The molecule has 1 nitrogen and oxygen atoms in total. The van der Waals surface area contributed by atoms with E-state index in [2.05, 4.69) is 80.6 Å². The van der Waals surface area contributed by atoms with Crippen LogP contribution in [-0.2, 0) is 24.2 Å². The van der Waals surface area contributed by atoms with Gasteiger partial charge in [0.25, 0.3) is 0 Å². The van der Waals surface area contributed by atoms with Gasteiger partial charge in [0.05, 0.1) is 0 Å². The third-order valence-electron chi connectivity index (χ3n) is 3.92. The molecule has 0 unspecified atom stereocenters. The van der Waals surface area contributed by atoms with Crippen LogP contribution in [0.4, 0.5) is 0 Å². The molecule has 0 radical (unpaired) electrons. The maximum absolute atomic E-state index is 8.47. The minimum Gasteiger partial charge on any atom is -1.00 e. The van der Waals surface area contributed by atoms with Crippen LogP contribution in [0.15, 0.2) is 72.3 Å². The minimum absolute atomic E-state index is 0. The van der Waals surface area contributed by atoms with Gasteiger partial charge >= 0.3 is 41.3 Å². The molecule has 0 atom stereocenters. The molecule has 1 aliphatic carbocycles. The molecule has 0 saturated heterocycles. The molecule has 0 aromatic heterocycles. The van der Waals surface area contributed by atoms with E-state index in [0.29, 0.717) is 6.61 Å². The van der Waals surface area contributed by atoms with Crippen LogP contribution in [0, 0.1) is 6.08 Å². The molecule has 0 fully saturated rings. The molecule has 0 amide bonds. The smallest absolute Gasteiger partial charge is 0.0420 e. The molecule has 148 valence electrons. The van der Waals surface area contributed by atoms with Gasteiger partial charge in [0.15, 0.2) is 0 Å². The number of benzene rings is 2. The van der Waals surface area contributed by atoms with E-state index in [-0.39, 0.29) is 24.8 Å². The van der Waals surface area contributed by atoms with Gasteiger partial charge in [-0.25, -0.2) is 11.6 Å². The number of halogens is 2. The van der Waals surface area contributed by atoms with Crippen molar-refractivity contribution >= 4 is 24.8 Å². The summed E-state index contributed by atoms with van der Waals surface area (Å²) in [6, 6.07) is 19.3. The number of hydrogen-bond acceptors (Lipinski definition) is 1. The maximum atomic E-state index is 8.47. The van der Waals surface area contributed by atoms with Crippen molar-refractivity contribution in [2.75, 3.05) is 6.61 Å². The van der Waals surface area contributed by atoms with Crippen LogP contribution >= 0.6 is 0 Å². The Balaban J connectivity index is 0.000000432. The van der Waals surface area contributed by atoms with E-state index in [1.807, 2.05) is 6.08 Å². The van der Waals surface area contributed by atoms with Crippen molar-refractivity contribution in [3.8, 4) is 0 Å².